The Balaban J connectivity index is 0.000000202. The maximum atomic E-state index is 11.6. The number of phenolic OH excluding ortho intramolecular Hbond substituents is 1. The number of hydrogen-bond donors (Lipinski definition) is 4. The van der Waals surface area contributed by atoms with Gasteiger partial charge in [0.2, 0.25) is 0 Å². The van der Waals surface area contributed by atoms with Crippen molar-refractivity contribution in [1.82, 2.24) is 20.3 Å². The highest BCUT2D eigenvalue weighted by atomic mass is 35.5. The molecule has 2 unspecified atom stereocenters. The van der Waals surface area contributed by atoms with Crippen molar-refractivity contribution in [3.8, 4) is 11.5 Å². The lowest BCUT2D eigenvalue weighted by atomic mass is 10.1. The number of nitrogens with zero attached hydrogens (tertiary/aromatic N) is 4. The Bertz CT molecular complexity index is 2090. The Morgan fingerprint density at radius 3 is 2.49 bits per heavy atom. The van der Waals surface area contributed by atoms with Gasteiger partial charge in [-0.1, -0.05) is 61.3 Å². The van der Waals surface area contributed by atoms with E-state index in [-0.39, 0.29) is 17.6 Å². The van der Waals surface area contributed by atoms with Crippen molar-refractivity contribution in [3.05, 3.63) is 153 Å². The molecule has 0 aliphatic heterocycles. The van der Waals surface area contributed by atoms with Crippen LogP contribution in [0.5, 0.6) is 11.5 Å². The zero-order valence-corrected chi connectivity index (χ0v) is 35.6. The number of nitro groups is 1. The van der Waals surface area contributed by atoms with Gasteiger partial charge in [0, 0.05) is 52.8 Å². The molecule has 2 aromatic heterocycles. The molecule has 0 radical (unpaired) electrons. The molecule has 1 fully saturated rings. The van der Waals surface area contributed by atoms with E-state index in [1.807, 2.05) is 29.0 Å². The molecular weight excluding hydrogens is 827 g/mol. The summed E-state index contributed by atoms with van der Waals surface area (Å²) >= 11 is 12.1. The first-order valence-electron chi connectivity index (χ1n) is 19.6. The third-order valence-electron chi connectivity index (χ3n) is 8.65. The summed E-state index contributed by atoms with van der Waals surface area (Å²) in [5.74, 6) is 0.924. The van der Waals surface area contributed by atoms with Crippen molar-refractivity contribution in [1.29, 1.82) is 0 Å². The Morgan fingerprint density at radius 1 is 1.11 bits per heavy atom. The van der Waals surface area contributed by atoms with Crippen LogP contribution in [0.15, 0.2) is 120 Å². The molecule has 5 aromatic rings. The fraction of sp³-hybridized carbons (Fsp3) is 0.341. The number of aromatic hydroxyl groups is 1. The molecule has 4 N–H and O–H groups in total. The van der Waals surface area contributed by atoms with E-state index < -0.39 is 22.8 Å². The van der Waals surface area contributed by atoms with Gasteiger partial charge in [0.05, 0.1) is 38.4 Å². The minimum atomic E-state index is -0.674. The number of furan rings is 1. The van der Waals surface area contributed by atoms with E-state index >= 15 is 0 Å². The second kappa shape index (κ2) is 25.9. The average molecular weight is 880 g/mol. The second-order valence-corrected chi connectivity index (χ2v) is 15.0. The summed E-state index contributed by atoms with van der Waals surface area (Å²) in [5.41, 5.74) is 4.69. The van der Waals surface area contributed by atoms with Gasteiger partial charge in [0.1, 0.15) is 35.2 Å². The number of halogens is 2. The van der Waals surface area contributed by atoms with Crippen LogP contribution in [0.1, 0.15) is 60.0 Å². The van der Waals surface area contributed by atoms with Crippen molar-refractivity contribution < 1.29 is 38.6 Å². The lowest BCUT2D eigenvalue weighted by Crippen LogP contribution is -2.35. The molecule has 0 bridgehead atoms. The van der Waals surface area contributed by atoms with E-state index in [1.54, 1.807) is 30.7 Å². The van der Waals surface area contributed by atoms with Gasteiger partial charge in [-0.15, -0.1) is 6.58 Å². The monoisotopic (exact) mass is 878 g/mol. The van der Waals surface area contributed by atoms with Gasteiger partial charge in [-0.2, -0.15) is 5.10 Å². The number of aliphatic hydroxyl groups excluding tert-OH is 1. The smallest absolute Gasteiger partial charge is 0.433 e. The normalized spacial score (nSPS) is 13.1. The van der Waals surface area contributed by atoms with Gasteiger partial charge in [-0.25, -0.2) is 10.4 Å². The maximum Gasteiger partial charge on any atom is 0.433 e. The predicted octanol–water partition coefficient (Wildman–Crippen LogP) is 8.18. The Hall–Kier alpha value is -5.55. The number of hydrogen-bond acceptors (Lipinski definition) is 12. The summed E-state index contributed by atoms with van der Waals surface area (Å²) in [6.45, 7) is 11.4. The number of carbonyl (C=O) groups excluding carboxylic acids is 1. The molecule has 6 rings (SSSR count). The number of carbonyl (C=O) groups is 1. The highest BCUT2D eigenvalue weighted by Crippen LogP contribution is 2.30. The number of phenols is 1. The van der Waals surface area contributed by atoms with E-state index in [2.05, 4.69) is 53.4 Å². The van der Waals surface area contributed by atoms with Crippen molar-refractivity contribution in [2.45, 2.75) is 57.9 Å². The van der Waals surface area contributed by atoms with Crippen LogP contribution in [0.3, 0.4) is 0 Å². The van der Waals surface area contributed by atoms with Gasteiger partial charge in [-0.05, 0) is 85.3 Å². The number of rotatable bonds is 21. The summed E-state index contributed by atoms with van der Waals surface area (Å²) in [6, 6.07) is 22.0. The molecule has 1 saturated carbocycles. The minimum Gasteiger partial charge on any atom is -0.508 e. The van der Waals surface area contributed by atoms with Crippen LogP contribution in [0, 0.1) is 16.0 Å². The predicted molar refractivity (Wildman–Crippen MR) is 234 cm³/mol. The number of amides is 1. The molecule has 1 amide bonds. The third-order valence-corrected chi connectivity index (χ3v) is 9.22. The quantitative estimate of drug-likeness (QED) is 0.0182. The molecule has 1 aliphatic rings. The number of aromatic nitrogens is 2. The number of imidazole rings is 1. The lowest BCUT2D eigenvalue weighted by molar-refractivity contribution is -0.402. The molecule has 17 heteroatoms. The molecule has 0 saturated heterocycles. The van der Waals surface area contributed by atoms with Gasteiger partial charge < -0.3 is 38.7 Å². The second-order valence-electron chi connectivity index (χ2n) is 14.2. The zero-order valence-electron chi connectivity index (χ0n) is 34.1. The summed E-state index contributed by atoms with van der Waals surface area (Å²) in [7, 11) is 0. The number of aliphatic hydroxyl groups is 1. The molecule has 1 aliphatic carbocycles. The molecule has 0 spiro atoms. The maximum absolute atomic E-state index is 11.6. The van der Waals surface area contributed by atoms with Crippen LogP contribution in [-0.4, -0.2) is 81.9 Å². The van der Waals surface area contributed by atoms with Crippen LogP contribution < -0.4 is 15.5 Å². The van der Waals surface area contributed by atoms with E-state index in [9.17, 15) is 20.0 Å². The van der Waals surface area contributed by atoms with E-state index in [0.717, 1.165) is 43.1 Å². The molecular formula is C44H52Cl2N6O9. The van der Waals surface area contributed by atoms with Crippen LogP contribution in [-0.2, 0) is 22.4 Å². The first-order valence-corrected chi connectivity index (χ1v) is 20.4. The van der Waals surface area contributed by atoms with E-state index in [1.165, 1.54) is 54.8 Å². The van der Waals surface area contributed by atoms with Crippen molar-refractivity contribution >= 4 is 41.2 Å². The first-order chi connectivity index (χ1) is 29.4. The van der Waals surface area contributed by atoms with Gasteiger partial charge in [-0.3, -0.25) is 14.9 Å². The summed E-state index contributed by atoms with van der Waals surface area (Å²) in [6.07, 6.45) is 11.2. The standard InChI is InChI=1S/C18H29NO3.C14H14Cl2N2O.C12H9N3O5/c1-14(2)19-11-17(20)13-22-18-7-5-15(6-8-18)9-10-21-12-16-3-4-16;1-2-7-19-14(9-18-6-5-17-10-18)12-4-3-11(15)8-13(12)16;16-9-3-1-8(2-4-9)12(17)14-13-7-10-5-6-11(20-10)15(18)19/h5-8,14,16-17,19-20H,3-4,9-13H2,1-2H3;2-6,8,10,14H,1,7,9H2;1-7,16H,(H,14,17)/b;;13-7+. The Labute approximate surface area is 365 Å². The molecule has 61 heavy (non-hydrogen) atoms. The van der Waals surface area contributed by atoms with Crippen LogP contribution in [0.4, 0.5) is 5.88 Å². The molecule has 15 nitrogen and oxygen atoms in total. The fourth-order valence-corrected chi connectivity index (χ4v) is 5.75. The SMILES string of the molecule is C=CCOC(Cn1ccnc1)c1ccc(Cl)cc1Cl.CC(C)NCC(O)COc1ccc(CCOCC2CC2)cc1.O=C(N/N=C/c1ccc([N+](=O)[O-])o1)c1ccc(O)cc1. The minimum absolute atomic E-state index is 0.0490. The largest absolute Gasteiger partial charge is 0.508 e. The molecule has 326 valence electrons. The van der Waals surface area contributed by atoms with Crippen LogP contribution in [0.25, 0.3) is 0 Å². The van der Waals surface area contributed by atoms with E-state index in [0.29, 0.717) is 48.0 Å². The molecule has 2 heterocycles. The number of hydrazone groups is 1. The highest BCUT2D eigenvalue weighted by Gasteiger charge is 2.21. The highest BCUT2D eigenvalue weighted by molar-refractivity contribution is 6.35. The summed E-state index contributed by atoms with van der Waals surface area (Å²) in [5, 5.41) is 37.3. The van der Waals surface area contributed by atoms with Crippen molar-refractivity contribution in [2.75, 3.05) is 33.0 Å². The average Bonchev–Trinajstić information content (AvgIpc) is 3.68. The van der Waals surface area contributed by atoms with Gasteiger partial charge >= 0.3 is 5.88 Å². The van der Waals surface area contributed by atoms with E-state index in [4.69, 9.17) is 46.9 Å². The van der Waals surface area contributed by atoms with Gasteiger partial charge in [0.15, 0.2) is 5.76 Å². The Kier molecular flexibility index (Phi) is 20.5. The zero-order chi connectivity index (χ0) is 44.0. The Morgan fingerprint density at radius 2 is 1.87 bits per heavy atom. The molecule has 2 atom stereocenters. The number of nitrogens with one attached hydrogen (secondary N) is 2. The van der Waals surface area contributed by atoms with Gasteiger partial charge in [0.25, 0.3) is 5.91 Å². The summed E-state index contributed by atoms with van der Waals surface area (Å²) < 4.78 is 23.8. The fourth-order valence-electron chi connectivity index (χ4n) is 5.22. The first kappa shape index (κ1) is 48.1. The van der Waals surface area contributed by atoms with Crippen molar-refractivity contribution in [2.24, 2.45) is 11.0 Å². The van der Waals surface area contributed by atoms with Crippen LogP contribution >= 0.6 is 23.2 Å². The third kappa shape index (κ3) is 18.7. The lowest BCUT2D eigenvalue weighted by Gasteiger charge is -2.19. The number of ether oxygens (including phenoxy) is 3. The van der Waals surface area contributed by atoms with Crippen molar-refractivity contribution in [3.63, 3.8) is 0 Å². The number of benzene rings is 3. The topological polar surface area (TPSA) is 196 Å². The molecule has 3 aromatic carbocycles. The van der Waals surface area contributed by atoms with Crippen LogP contribution in [0.2, 0.25) is 10.0 Å². The summed E-state index contributed by atoms with van der Waals surface area (Å²) in [4.78, 5) is 25.3.